The summed E-state index contributed by atoms with van der Waals surface area (Å²) in [5.41, 5.74) is 3.53. The summed E-state index contributed by atoms with van der Waals surface area (Å²) in [4.78, 5) is 50.9. The first-order chi connectivity index (χ1) is 22.5. The van der Waals surface area contributed by atoms with E-state index in [9.17, 15) is 14.4 Å². The summed E-state index contributed by atoms with van der Waals surface area (Å²) in [5, 5.41) is 3.25. The van der Waals surface area contributed by atoms with Crippen LogP contribution in [0.15, 0.2) is 54.9 Å². The Kier molecular flexibility index (Phi) is 11.7. The summed E-state index contributed by atoms with van der Waals surface area (Å²) in [6.45, 7) is 7.93. The zero-order valence-electron chi connectivity index (χ0n) is 27.0. The molecule has 1 aliphatic carbocycles. The maximum absolute atomic E-state index is 13.6. The molecule has 2 fully saturated rings. The van der Waals surface area contributed by atoms with E-state index in [1.54, 1.807) is 17.0 Å². The number of nitrogens with one attached hydrogen (secondary N) is 1. The van der Waals surface area contributed by atoms with Crippen LogP contribution in [0, 0.1) is 5.92 Å². The molecule has 5 rings (SSSR count). The molecule has 1 saturated heterocycles. The van der Waals surface area contributed by atoms with E-state index in [2.05, 4.69) is 20.2 Å². The first-order valence-corrected chi connectivity index (χ1v) is 16.6. The smallest absolute Gasteiger partial charge is 0.252 e. The third kappa shape index (κ3) is 8.09. The van der Waals surface area contributed by atoms with E-state index in [1.807, 2.05) is 50.2 Å². The normalized spacial score (nSPS) is 15.5. The maximum atomic E-state index is 13.6. The SMILES string of the molecule is CCOc1ncnc(OCC)c1N(CCCCN1CCC(NC(=O)c2ccccc2-c2ccc(C=O)cc2)CC1)C(=O)C1CCC1. The molecule has 0 spiro atoms. The second-order valence-corrected chi connectivity index (χ2v) is 11.9. The van der Waals surface area contributed by atoms with Gasteiger partial charge in [-0.25, -0.2) is 0 Å². The first kappa shape index (κ1) is 33.1. The first-order valence-electron chi connectivity index (χ1n) is 16.6. The van der Waals surface area contributed by atoms with Crippen LogP contribution in [0.2, 0.25) is 0 Å². The second-order valence-electron chi connectivity index (χ2n) is 11.9. The summed E-state index contributed by atoms with van der Waals surface area (Å²) in [6, 6.07) is 15.0. The molecule has 2 aromatic carbocycles. The molecule has 1 saturated carbocycles. The van der Waals surface area contributed by atoms with Gasteiger partial charge in [0, 0.05) is 42.7 Å². The van der Waals surface area contributed by atoms with E-state index < -0.39 is 0 Å². The average Bonchev–Trinajstić information content (AvgIpc) is 3.05. The molecule has 10 nitrogen and oxygen atoms in total. The van der Waals surface area contributed by atoms with Gasteiger partial charge in [0.1, 0.15) is 12.6 Å². The highest BCUT2D eigenvalue weighted by Gasteiger charge is 2.34. The summed E-state index contributed by atoms with van der Waals surface area (Å²) >= 11 is 0. The highest BCUT2D eigenvalue weighted by atomic mass is 16.5. The van der Waals surface area contributed by atoms with Crippen LogP contribution in [-0.2, 0) is 4.79 Å². The van der Waals surface area contributed by atoms with Crippen molar-refractivity contribution in [2.75, 3.05) is 44.3 Å². The topological polar surface area (TPSA) is 114 Å². The van der Waals surface area contributed by atoms with Crippen LogP contribution in [0.1, 0.15) is 79.5 Å². The van der Waals surface area contributed by atoms with Crippen LogP contribution >= 0.6 is 0 Å². The zero-order chi connectivity index (χ0) is 32.3. The molecule has 46 heavy (non-hydrogen) atoms. The zero-order valence-corrected chi connectivity index (χ0v) is 27.0. The Morgan fingerprint density at radius 3 is 2.22 bits per heavy atom. The van der Waals surface area contributed by atoms with E-state index >= 15 is 0 Å². The van der Waals surface area contributed by atoms with Crippen molar-refractivity contribution in [2.45, 2.75) is 64.8 Å². The molecule has 0 unspecified atom stereocenters. The number of likely N-dealkylation sites (tertiary alicyclic amines) is 1. The van der Waals surface area contributed by atoms with E-state index in [4.69, 9.17) is 9.47 Å². The number of amides is 2. The van der Waals surface area contributed by atoms with Crippen LogP contribution in [0.25, 0.3) is 11.1 Å². The van der Waals surface area contributed by atoms with Crippen LogP contribution in [-0.4, -0.2) is 78.4 Å². The minimum Gasteiger partial charge on any atom is -0.476 e. The molecular formula is C36H45N5O5. The van der Waals surface area contributed by atoms with Gasteiger partial charge in [0.2, 0.25) is 17.7 Å². The van der Waals surface area contributed by atoms with E-state index in [0.29, 0.717) is 48.3 Å². The molecule has 2 heterocycles. The number of benzene rings is 2. The van der Waals surface area contributed by atoms with Gasteiger partial charge in [0.05, 0.1) is 13.2 Å². The lowest BCUT2D eigenvalue weighted by Crippen LogP contribution is -2.45. The predicted octanol–water partition coefficient (Wildman–Crippen LogP) is 5.56. The summed E-state index contributed by atoms with van der Waals surface area (Å²) in [5.74, 6) is 0.812. The molecule has 1 aromatic heterocycles. The number of carbonyl (C=O) groups excluding carboxylic acids is 3. The number of hydrogen-bond acceptors (Lipinski definition) is 8. The number of piperidine rings is 1. The van der Waals surface area contributed by atoms with Crippen molar-refractivity contribution >= 4 is 23.8 Å². The number of anilines is 1. The van der Waals surface area contributed by atoms with Crippen molar-refractivity contribution in [2.24, 2.45) is 5.92 Å². The molecule has 0 radical (unpaired) electrons. The minimum absolute atomic E-state index is 0.0216. The van der Waals surface area contributed by atoms with Gasteiger partial charge >= 0.3 is 0 Å². The number of nitrogens with zero attached hydrogens (tertiary/aromatic N) is 4. The highest BCUT2D eigenvalue weighted by Crippen LogP contribution is 2.38. The van der Waals surface area contributed by atoms with Gasteiger partial charge < -0.3 is 24.6 Å². The molecule has 0 bridgehead atoms. The lowest BCUT2D eigenvalue weighted by atomic mass is 9.84. The van der Waals surface area contributed by atoms with Gasteiger partial charge in [0.25, 0.3) is 5.91 Å². The number of ether oxygens (including phenoxy) is 2. The van der Waals surface area contributed by atoms with Crippen molar-refractivity contribution in [3.8, 4) is 22.9 Å². The van der Waals surface area contributed by atoms with Crippen molar-refractivity contribution in [3.05, 3.63) is 66.0 Å². The second kappa shape index (κ2) is 16.3. The third-order valence-electron chi connectivity index (χ3n) is 8.87. The number of aldehydes is 1. The van der Waals surface area contributed by atoms with Gasteiger partial charge in [-0.05, 0) is 76.1 Å². The van der Waals surface area contributed by atoms with E-state index in [1.165, 1.54) is 6.33 Å². The highest BCUT2D eigenvalue weighted by molar-refractivity contribution is 6.01. The Balaban J connectivity index is 1.13. The fraction of sp³-hybridized carbons (Fsp3) is 0.472. The Morgan fingerprint density at radius 2 is 1.61 bits per heavy atom. The van der Waals surface area contributed by atoms with Crippen LogP contribution in [0.3, 0.4) is 0 Å². The van der Waals surface area contributed by atoms with Gasteiger partial charge in [-0.1, -0.05) is 48.9 Å². The Hall–Kier alpha value is -4.31. The average molecular weight is 628 g/mol. The number of aromatic nitrogens is 2. The fourth-order valence-corrected chi connectivity index (χ4v) is 6.11. The summed E-state index contributed by atoms with van der Waals surface area (Å²) in [7, 11) is 0. The van der Waals surface area contributed by atoms with Crippen molar-refractivity contribution < 1.29 is 23.9 Å². The molecule has 244 valence electrons. The lowest BCUT2D eigenvalue weighted by molar-refractivity contribution is -0.124. The van der Waals surface area contributed by atoms with Crippen LogP contribution in [0.5, 0.6) is 11.8 Å². The van der Waals surface area contributed by atoms with Crippen LogP contribution < -0.4 is 19.7 Å². The molecule has 1 N–H and O–H groups in total. The summed E-state index contributed by atoms with van der Waals surface area (Å²) < 4.78 is 11.6. The predicted molar refractivity (Wildman–Crippen MR) is 177 cm³/mol. The monoisotopic (exact) mass is 627 g/mol. The van der Waals surface area contributed by atoms with Gasteiger partial charge in [-0.3, -0.25) is 14.4 Å². The summed E-state index contributed by atoms with van der Waals surface area (Å²) in [6.07, 6.45) is 8.64. The third-order valence-corrected chi connectivity index (χ3v) is 8.87. The fourth-order valence-electron chi connectivity index (χ4n) is 6.11. The molecule has 10 heteroatoms. The molecule has 2 aliphatic rings. The standard InChI is InChI=1S/C36H45N5O5/c1-3-45-34-32(35(46-4-2)38-25-37-34)41(36(44)28-10-9-11-28)21-8-7-20-40-22-18-29(19-23-40)39-33(43)31-13-6-5-12-30(31)27-16-14-26(24-42)15-17-27/h5-6,12-17,24-25,28-29H,3-4,7-11,18-23H2,1-2H3,(H,39,43). The number of hydrogen-bond donors (Lipinski definition) is 1. The van der Waals surface area contributed by atoms with Crippen molar-refractivity contribution in [1.82, 2.24) is 20.2 Å². The van der Waals surface area contributed by atoms with Gasteiger partial charge in [-0.2, -0.15) is 9.97 Å². The van der Waals surface area contributed by atoms with Crippen molar-refractivity contribution in [1.29, 1.82) is 0 Å². The number of carbonyl (C=O) groups is 3. The lowest BCUT2D eigenvalue weighted by Gasteiger charge is -2.34. The molecule has 1 aliphatic heterocycles. The Labute approximate surface area is 271 Å². The largest absolute Gasteiger partial charge is 0.476 e. The van der Waals surface area contributed by atoms with Gasteiger partial charge in [-0.15, -0.1) is 0 Å². The molecule has 3 aromatic rings. The number of unbranched alkanes of at least 4 members (excludes halogenated alkanes) is 1. The maximum Gasteiger partial charge on any atom is 0.252 e. The Bertz CT molecular complexity index is 1440. The minimum atomic E-state index is -0.0764. The quantitative estimate of drug-likeness (QED) is 0.172. The van der Waals surface area contributed by atoms with Crippen molar-refractivity contribution in [3.63, 3.8) is 0 Å². The molecule has 2 amide bonds. The van der Waals surface area contributed by atoms with E-state index in [-0.39, 0.29) is 23.8 Å². The van der Waals surface area contributed by atoms with E-state index in [0.717, 1.165) is 82.0 Å². The van der Waals surface area contributed by atoms with Crippen LogP contribution in [0.4, 0.5) is 5.69 Å². The molecular weight excluding hydrogens is 582 g/mol. The Morgan fingerprint density at radius 1 is 0.935 bits per heavy atom. The molecule has 0 atom stereocenters. The van der Waals surface area contributed by atoms with Gasteiger partial charge in [0.15, 0.2) is 5.69 Å². The number of rotatable bonds is 15.